The summed E-state index contributed by atoms with van der Waals surface area (Å²) in [7, 11) is 1.73. The molecule has 1 aromatic carbocycles. The number of rotatable bonds is 3. The molecular weight excluding hydrogens is 204 g/mol. The molecule has 2 aromatic rings. The Hall–Kier alpha value is -1.72. The van der Waals surface area contributed by atoms with E-state index in [1.165, 1.54) is 10.9 Å². The molecule has 2 rings (SSSR count). The second-order valence-electron chi connectivity index (χ2n) is 3.67. The molecule has 0 fully saturated rings. The minimum Gasteiger partial charge on any atom is -0.377 e. The van der Waals surface area contributed by atoms with Gasteiger partial charge >= 0.3 is 0 Å². The van der Waals surface area contributed by atoms with E-state index in [0.717, 1.165) is 5.56 Å². The molecule has 3 N–H and O–H groups in total. The monoisotopic (exact) mass is 218 g/mol. The second-order valence-corrected chi connectivity index (χ2v) is 3.67. The van der Waals surface area contributed by atoms with Crippen molar-refractivity contribution in [1.82, 2.24) is 15.0 Å². The van der Waals surface area contributed by atoms with Crippen LogP contribution < -0.4 is 5.73 Å². The number of benzene rings is 1. The Morgan fingerprint density at radius 1 is 1.38 bits per heavy atom. The molecule has 0 saturated carbocycles. The smallest absolute Gasteiger partial charge is 0.145 e. The van der Waals surface area contributed by atoms with Crippen molar-refractivity contribution in [2.24, 2.45) is 12.8 Å². The summed E-state index contributed by atoms with van der Waals surface area (Å²) < 4.78 is 1.53. The lowest BCUT2D eigenvalue weighted by molar-refractivity contribution is 0.0812. The molecule has 5 nitrogen and oxygen atoms in total. The summed E-state index contributed by atoms with van der Waals surface area (Å²) in [6.07, 6.45) is 1.53. The first-order valence-corrected chi connectivity index (χ1v) is 5.01. The number of nitrogens with two attached hydrogens (primary N) is 1. The number of hydrogen-bond acceptors (Lipinski definition) is 4. The average Bonchev–Trinajstić information content (AvgIpc) is 2.76. The van der Waals surface area contributed by atoms with Gasteiger partial charge in [0, 0.05) is 13.6 Å². The lowest BCUT2D eigenvalue weighted by Crippen LogP contribution is -2.37. The van der Waals surface area contributed by atoms with Crippen LogP contribution in [0.4, 0.5) is 0 Å². The third kappa shape index (κ3) is 1.60. The minimum atomic E-state index is -1.24. The first kappa shape index (κ1) is 10.8. The molecule has 1 heterocycles. The Labute approximate surface area is 93.5 Å². The van der Waals surface area contributed by atoms with Gasteiger partial charge in [0.15, 0.2) is 0 Å². The lowest BCUT2D eigenvalue weighted by Gasteiger charge is -2.26. The number of nitrogens with zero attached hydrogens (tertiary/aromatic N) is 3. The van der Waals surface area contributed by atoms with Gasteiger partial charge in [-0.1, -0.05) is 35.5 Å². The summed E-state index contributed by atoms with van der Waals surface area (Å²) in [5.74, 6) is 0. The van der Waals surface area contributed by atoms with Crippen LogP contribution in [0, 0.1) is 0 Å². The maximum Gasteiger partial charge on any atom is 0.145 e. The van der Waals surface area contributed by atoms with Crippen LogP contribution in [0.15, 0.2) is 36.5 Å². The van der Waals surface area contributed by atoms with Crippen molar-refractivity contribution in [1.29, 1.82) is 0 Å². The number of hydrogen-bond donors (Lipinski definition) is 2. The SMILES string of the molecule is Cn1nncc1C(O)(CN)c1ccccc1. The lowest BCUT2D eigenvalue weighted by atomic mass is 9.91. The van der Waals surface area contributed by atoms with Crippen molar-refractivity contribution in [2.45, 2.75) is 5.60 Å². The highest BCUT2D eigenvalue weighted by atomic mass is 16.3. The summed E-state index contributed by atoms with van der Waals surface area (Å²) in [5.41, 5.74) is 5.77. The van der Waals surface area contributed by atoms with E-state index in [9.17, 15) is 5.11 Å². The van der Waals surface area contributed by atoms with Gasteiger partial charge < -0.3 is 10.8 Å². The first-order valence-electron chi connectivity index (χ1n) is 5.01. The van der Waals surface area contributed by atoms with Crippen LogP contribution in [0.5, 0.6) is 0 Å². The van der Waals surface area contributed by atoms with E-state index in [1.807, 2.05) is 30.3 Å². The van der Waals surface area contributed by atoms with Crippen LogP contribution in [0.25, 0.3) is 0 Å². The molecule has 1 unspecified atom stereocenters. The molecule has 5 heteroatoms. The van der Waals surface area contributed by atoms with Crippen LogP contribution in [0.1, 0.15) is 11.3 Å². The van der Waals surface area contributed by atoms with Gasteiger partial charge in [-0.15, -0.1) is 5.10 Å². The van der Waals surface area contributed by atoms with E-state index in [-0.39, 0.29) is 6.54 Å². The normalized spacial score (nSPS) is 14.7. The third-order valence-corrected chi connectivity index (χ3v) is 2.68. The molecule has 16 heavy (non-hydrogen) atoms. The third-order valence-electron chi connectivity index (χ3n) is 2.68. The van der Waals surface area contributed by atoms with Crippen molar-refractivity contribution in [3.05, 3.63) is 47.8 Å². The van der Waals surface area contributed by atoms with Crippen LogP contribution in [0.3, 0.4) is 0 Å². The zero-order valence-corrected chi connectivity index (χ0v) is 9.04. The fourth-order valence-corrected chi connectivity index (χ4v) is 1.75. The number of aliphatic hydroxyl groups is 1. The van der Waals surface area contributed by atoms with Crippen LogP contribution in [0.2, 0.25) is 0 Å². The highest BCUT2D eigenvalue weighted by Crippen LogP contribution is 2.27. The number of aryl methyl sites for hydroxylation is 1. The van der Waals surface area contributed by atoms with E-state index >= 15 is 0 Å². The molecule has 0 radical (unpaired) electrons. The summed E-state index contributed by atoms with van der Waals surface area (Å²) in [6, 6.07) is 9.28. The van der Waals surface area contributed by atoms with Crippen molar-refractivity contribution < 1.29 is 5.11 Å². The van der Waals surface area contributed by atoms with Gasteiger partial charge in [0.1, 0.15) is 5.60 Å². The van der Waals surface area contributed by atoms with E-state index in [0.29, 0.717) is 5.69 Å². The van der Waals surface area contributed by atoms with Gasteiger partial charge in [-0.05, 0) is 5.56 Å². The molecule has 0 amide bonds. The van der Waals surface area contributed by atoms with Crippen LogP contribution in [-0.4, -0.2) is 26.6 Å². The van der Waals surface area contributed by atoms with E-state index in [1.54, 1.807) is 7.05 Å². The Balaban J connectivity index is 2.53. The maximum atomic E-state index is 10.6. The Kier molecular flexibility index (Phi) is 2.72. The molecule has 84 valence electrons. The highest BCUT2D eigenvalue weighted by molar-refractivity contribution is 5.31. The van der Waals surface area contributed by atoms with Gasteiger partial charge in [-0.2, -0.15) is 0 Å². The van der Waals surface area contributed by atoms with E-state index in [2.05, 4.69) is 10.3 Å². The van der Waals surface area contributed by atoms with Crippen LogP contribution in [-0.2, 0) is 12.6 Å². The molecule has 0 bridgehead atoms. The summed E-state index contributed by atoms with van der Waals surface area (Å²) in [5, 5.41) is 18.2. The van der Waals surface area contributed by atoms with Crippen molar-refractivity contribution in [2.75, 3.05) is 6.54 Å². The average molecular weight is 218 g/mol. The topological polar surface area (TPSA) is 77.0 Å². The fourth-order valence-electron chi connectivity index (χ4n) is 1.75. The van der Waals surface area contributed by atoms with Gasteiger partial charge in [0.2, 0.25) is 0 Å². The van der Waals surface area contributed by atoms with Crippen molar-refractivity contribution in [3.63, 3.8) is 0 Å². The largest absolute Gasteiger partial charge is 0.377 e. The van der Waals surface area contributed by atoms with Gasteiger partial charge in [-0.25, -0.2) is 4.68 Å². The Bertz CT molecular complexity index is 468. The molecule has 0 aliphatic rings. The molecule has 0 aliphatic carbocycles. The van der Waals surface area contributed by atoms with E-state index in [4.69, 9.17) is 5.73 Å². The van der Waals surface area contributed by atoms with Gasteiger partial charge in [0.05, 0.1) is 11.9 Å². The zero-order valence-electron chi connectivity index (χ0n) is 9.04. The highest BCUT2D eigenvalue weighted by Gasteiger charge is 2.33. The van der Waals surface area contributed by atoms with Gasteiger partial charge in [0.25, 0.3) is 0 Å². The Morgan fingerprint density at radius 3 is 2.56 bits per heavy atom. The molecule has 0 aliphatic heterocycles. The molecule has 0 saturated heterocycles. The first-order chi connectivity index (χ1) is 7.68. The second kappa shape index (κ2) is 4.03. The molecule has 1 aromatic heterocycles. The molecular formula is C11H14N4O. The molecule has 1 atom stereocenters. The number of aromatic nitrogens is 3. The van der Waals surface area contributed by atoms with E-state index < -0.39 is 5.60 Å². The van der Waals surface area contributed by atoms with Crippen LogP contribution >= 0.6 is 0 Å². The predicted molar refractivity (Wildman–Crippen MR) is 59.5 cm³/mol. The quantitative estimate of drug-likeness (QED) is 0.760. The molecule has 0 spiro atoms. The predicted octanol–water partition coefficient (Wildman–Crippen LogP) is 0.00970. The standard InChI is InChI=1S/C11H14N4O/c1-15-10(7-13-14-15)11(16,8-12)9-5-3-2-4-6-9/h2-7,16H,8,12H2,1H3. The summed E-state index contributed by atoms with van der Waals surface area (Å²) >= 11 is 0. The maximum absolute atomic E-state index is 10.6. The summed E-state index contributed by atoms with van der Waals surface area (Å²) in [4.78, 5) is 0. The minimum absolute atomic E-state index is 0.0816. The Morgan fingerprint density at radius 2 is 2.06 bits per heavy atom. The summed E-state index contributed by atoms with van der Waals surface area (Å²) in [6.45, 7) is 0.0816. The van der Waals surface area contributed by atoms with Crippen molar-refractivity contribution >= 4 is 0 Å². The van der Waals surface area contributed by atoms with Gasteiger partial charge in [-0.3, -0.25) is 0 Å². The fraction of sp³-hybridized carbons (Fsp3) is 0.273. The zero-order chi connectivity index (χ0) is 11.6. The van der Waals surface area contributed by atoms with Crippen molar-refractivity contribution in [3.8, 4) is 0 Å².